The van der Waals surface area contributed by atoms with Crippen LogP contribution in [0.2, 0.25) is 0 Å². The number of nitrogens with zero attached hydrogens (tertiary/aromatic N) is 2. The largest absolute Gasteiger partial charge is 0.497 e. The van der Waals surface area contributed by atoms with Crippen molar-refractivity contribution in [3.8, 4) is 5.75 Å². The average molecular weight is 371 g/mol. The van der Waals surface area contributed by atoms with Crippen molar-refractivity contribution in [2.45, 2.75) is 25.7 Å². The Morgan fingerprint density at radius 2 is 1.88 bits per heavy atom. The topological polar surface area (TPSA) is 41.9 Å². The number of methoxy groups -OCH3 is 1. The van der Waals surface area contributed by atoms with Crippen LogP contribution < -0.4 is 4.74 Å². The third kappa shape index (κ3) is 5.36. The maximum absolute atomic E-state index is 12.6. The Kier molecular flexibility index (Phi) is 7.27. The Balaban J connectivity index is 2.08. The van der Waals surface area contributed by atoms with Crippen LogP contribution >= 0.6 is 11.8 Å². The van der Waals surface area contributed by atoms with E-state index < -0.39 is 0 Å². The van der Waals surface area contributed by atoms with Crippen molar-refractivity contribution in [3.05, 3.63) is 53.1 Å². The minimum absolute atomic E-state index is 0.132. The summed E-state index contributed by atoms with van der Waals surface area (Å²) in [6, 6.07) is 11.7. The first kappa shape index (κ1) is 20.0. The van der Waals surface area contributed by atoms with Crippen LogP contribution in [0.25, 0.3) is 0 Å². The quantitative estimate of drug-likeness (QED) is 0.287. The number of ketones is 1. The number of Topliss-reactive ketones (excluding diaryl/α,β-unsaturated/α-hetero) is 1. The number of hydrogen-bond donors (Lipinski definition) is 0. The van der Waals surface area contributed by atoms with Crippen molar-refractivity contribution in [1.82, 2.24) is 4.90 Å². The first-order valence-corrected chi connectivity index (χ1v) is 9.59. The number of carbonyl (C=O) groups excluding carboxylic acids is 1. The van der Waals surface area contributed by atoms with Gasteiger partial charge in [-0.1, -0.05) is 0 Å². The lowest BCUT2D eigenvalue weighted by atomic mass is 10.0. The summed E-state index contributed by atoms with van der Waals surface area (Å²) in [7, 11) is 3.63. The zero-order valence-electron chi connectivity index (χ0n) is 16.1. The normalized spacial score (nSPS) is 11.0. The summed E-state index contributed by atoms with van der Waals surface area (Å²) in [5, 5.41) is 0. The van der Waals surface area contributed by atoms with Crippen molar-refractivity contribution >= 4 is 29.6 Å². The highest BCUT2D eigenvalue weighted by Crippen LogP contribution is 2.26. The van der Waals surface area contributed by atoms with Gasteiger partial charge in [0.25, 0.3) is 0 Å². The molecule has 0 aliphatic carbocycles. The van der Waals surface area contributed by atoms with Crippen LogP contribution in [-0.2, 0) is 0 Å². The summed E-state index contributed by atoms with van der Waals surface area (Å²) < 4.78 is 5.16. The maximum atomic E-state index is 12.6. The van der Waals surface area contributed by atoms with Crippen LogP contribution in [0.1, 0.15) is 28.4 Å². The van der Waals surface area contributed by atoms with E-state index in [4.69, 9.17) is 4.74 Å². The van der Waals surface area contributed by atoms with Crippen LogP contribution in [0.4, 0.5) is 5.69 Å². The van der Waals surface area contributed by atoms with Gasteiger partial charge in [0.2, 0.25) is 0 Å². The lowest BCUT2D eigenvalue weighted by Crippen LogP contribution is -2.14. The molecule has 2 aromatic carbocycles. The fourth-order valence-corrected chi connectivity index (χ4v) is 3.16. The van der Waals surface area contributed by atoms with Crippen LogP contribution in [0, 0.1) is 13.8 Å². The maximum Gasteiger partial charge on any atom is 0.173 e. The van der Waals surface area contributed by atoms with Gasteiger partial charge >= 0.3 is 0 Å². The summed E-state index contributed by atoms with van der Waals surface area (Å²) in [6.07, 6.45) is 1.82. The van der Waals surface area contributed by atoms with Crippen molar-refractivity contribution < 1.29 is 9.53 Å². The minimum atomic E-state index is 0.132. The molecule has 0 aliphatic rings. The number of hydrogen-bond acceptors (Lipinski definition) is 4. The molecule has 2 aromatic rings. The summed E-state index contributed by atoms with van der Waals surface area (Å²) >= 11 is 1.54. The molecular formula is C21H26N2O2S. The Hall–Kier alpha value is -2.27. The van der Waals surface area contributed by atoms with Crippen molar-refractivity contribution in [1.29, 1.82) is 0 Å². The molecule has 0 N–H and O–H groups in total. The van der Waals surface area contributed by atoms with Gasteiger partial charge in [-0.25, -0.2) is 4.99 Å². The van der Waals surface area contributed by atoms with Gasteiger partial charge in [0.15, 0.2) is 5.78 Å². The van der Waals surface area contributed by atoms with E-state index in [0.717, 1.165) is 39.6 Å². The Morgan fingerprint density at radius 1 is 1.19 bits per heavy atom. The fourth-order valence-electron chi connectivity index (χ4n) is 2.38. The summed E-state index contributed by atoms with van der Waals surface area (Å²) in [4.78, 5) is 20.2. The van der Waals surface area contributed by atoms with Gasteiger partial charge in [0.05, 0.1) is 24.9 Å². The van der Waals surface area contributed by atoms with Gasteiger partial charge in [-0.2, -0.15) is 0 Å². The number of thioether (sulfide) groups is 1. The molecule has 0 unspecified atom stereocenters. The van der Waals surface area contributed by atoms with E-state index >= 15 is 0 Å². The minimum Gasteiger partial charge on any atom is -0.497 e. The highest BCUT2D eigenvalue weighted by molar-refractivity contribution is 8.00. The van der Waals surface area contributed by atoms with Gasteiger partial charge < -0.3 is 9.64 Å². The molecule has 2 rings (SSSR count). The van der Waals surface area contributed by atoms with Crippen LogP contribution in [0.5, 0.6) is 5.75 Å². The summed E-state index contributed by atoms with van der Waals surface area (Å²) in [5.74, 6) is 1.36. The summed E-state index contributed by atoms with van der Waals surface area (Å²) in [5.41, 5.74) is 3.64. The monoisotopic (exact) mass is 370 g/mol. The number of carbonyl (C=O) groups is 1. The standard InChI is InChI=1S/C21H26N2O2S/c1-6-23(4)14-22-20-12-15(2)19(11-16(20)3)21(24)13-26-18-9-7-17(25-5)8-10-18/h7-12,14H,6,13H2,1-5H3/b22-14+. The molecule has 0 saturated heterocycles. The summed E-state index contributed by atoms with van der Waals surface area (Å²) in [6.45, 7) is 6.94. The number of ether oxygens (including phenoxy) is 1. The second-order valence-corrected chi connectivity index (χ2v) is 7.21. The zero-order chi connectivity index (χ0) is 19.1. The molecule has 0 spiro atoms. The molecule has 138 valence electrons. The molecule has 0 aromatic heterocycles. The lowest BCUT2D eigenvalue weighted by Gasteiger charge is -2.11. The van der Waals surface area contributed by atoms with E-state index in [1.54, 1.807) is 7.11 Å². The molecular weight excluding hydrogens is 344 g/mol. The number of benzene rings is 2. The predicted molar refractivity (Wildman–Crippen MR) is 110 cm³/mol. The van der Waals surface area contributed by atoms with Crippen LogP contribution in [0.3, 0.4) is 0 Å². The van der Waals surface area contributed by atoms with Crippen LogP contribution in [0.15, 0.2) is 46.3 Å². The molecule has 4 nitrogen and oxygen atoms in total. The molecule has 0 fully saturated rings. The van der Waals surface area contributed by atoms with E-state index in [1.165, 1.54) is 11.8 Å². The molecule has 5 heteroatoms. The lowest BCUT2D eigenvalue weighted by molar-refractivity contribution is 0.102. The second kappa shape index (κ2) is 9.43. The third-order valence-corrected chi connectivity index (χ3v) is 5.18. The van der Waals surface area contributed by atoms with Crippen molar-refractivity contribution in [2.75, 3.05) is 26.5 Å². The van der Waals surface area contributed by atoms with Gasteiger partial charge in [-0.15, -0.1) is 11.8 Å². The van der Waals surface area contributed by atoms with E-state index in [9.17, 15) is 4.79 Å². The molecule has 0 heterocycles. The van der Waals surface area contributed by atoms with E-state index in [0.29, 0.717) is 5.75 Å². The molecule has 26 heavy (non-hydrogen) atoms. The van der Waals surface area contributed by atoms with E-state index in [-0.39, 0.29) is 5.78 Å². The smallest absolute Gasteiger partial charge is 0.173 e. The Labute approximate surface area is 160 Å². The number of aliphatic imine (C=N–C) groups is 1. The number of rotatable bonds is 8. The first-order chi connectivity index (χ1) is 12.4. The molecule has 0 saturated carbocycles. The zero-order valence-corrected chi connectivity index (χ0v) is 16.9. The Bertz CT molecular complexity index is 785. The first-order valence-electron chi connectivity index (χ1n) is 8.60. The third-order valence-electron chi connectivity index (χ3n) is 4.17. The highest BCUT2D eigenvalue weighted by Gasteiger charge is 2.12. The van der Waals surface area contributed by atoms with Gasteiger partial charge in [-0.3, -0.25) is 4.79 Å². The molecule has 0 atom stereocenters. The molecule has 0 aliphatic heterocycles. The molecule has 0 amide bonds. The fraction of sp³-hybridized carbons (Fsp3) is 0.333. The van der Waals surface area contributed by atoms with Crippen molar-refractivity contribution in [3.63, 3.8) is 0 Å². The SMILES string of the molecule is CCN(C)/C=N/c1cc(C)c(C(=O)CSc2ccc(OC)cc2)cc1C. The number of aryl methyl sites for hydroxylation is 2. The van der Waals surface area contributed by atoms with Gasteiger partial charge in [0.1, 0.15) is 5.75 Å². The van der Waals surface area contributed by atoms with E-state index in [2.05, 4.69) is 11.9 Å². The Morgan fingerprint density at radius 3 is 2.50 bits per heavy atom. The van der Waals surface area contributed by atoms with Crippen molar-refractivity contribution in [2.24, 2.45) is 4.99 Å². The predicted octanol–water partition coefficient (Wildman–Crippen LogP) is 4.90. The van der Waals surface area contributed by atoms with E-state index in [1.807, 2.05) is 68.5 Å². The van der Waals surface area contributed by atoms with Gasteiger partial charge in [-0.05, 0) is 68.3 Å². The molecule has 0 bridgehead atoms. The van der Waals surface area contributed by atoms with Crippen LogP contribution in [-0.4, -0.2) is 43.5 Å². The highest BCUT2D eigenvalue weighted by atomic mass is 32.2. The average Bonchev–Trinajstić information content (AvgIpc) is 2.66. The second-order valence-electron chi connectivity index (χ2n) is 6.16. The van der Waals surface area contributed by atoms with Gasteiger partial charge in [0, 0.05) is 24.1 Å². The molecule has 0 radical (unpaired) electrons.